The van der Waals surface area contributed by atoms with Crippen molar-refractivity contribution in [3.05, 3.63) is 64.8 Å². The van der Waals surface area contributed by atoms with Crippen LogP contribution in [0.15, 0.2) is 47.5 Å². The van der Waals surface area contributed by atoms with Crippen LogP contribution in [-0.2, 0) is 26.1 Å². The van der Waals surface area contributed by atoms with E-state index in [2.05, 4.69) is 85.0 Å². The highest BCUT2D eigenvalue weighted by atomic mass is 15.1. The lowest BCUT2D eigenvalue weighted by Crippen LogP contribution is -2.20. The molecule has 3 aromatic rings. The van der Waals surface area contributed by atoms with Crippen LogP contribution in [-0.4, -0.2) is 48.3 Å². The summed E-state index contributed by atoms with van der Waals surface area (Å²) in [6.45, 7) is 3.01. The molecule has 3 heterocycles. The number of nitrogens with zero attached hydrogens (tertiary/aromatic N) is 4. The van der Waals surface area contributed by atoms with Gasteiger partial charge < -0.3 is 14.4 Å². The molecular formula is C26H32N4. The topological polar surface area (TPSA) is 23.8 Å². The molecule has 0 radical (unpaired) electrons. The van der Waals surface area contributed by atoms with Gasteiger partial charge in [-0.2, -0.15) is 0 Å². The number of para-hydroxylation sites is 1. The molecule has 156 valence electrons. The van der Waals surface area contributed by atoms with E-state index >= 15 is 0 Å². The van der Waals surface area contributed by atoms with Crippen LogP contribution in [0.3, 0.4) is 0 Å². The fraction of sp³-hybridized carbons (Fsp3) is 0.423. The number of fused-ring (bicyclic) bond motifs is 6. The molecule has 0 saturated heterocycles. The molecular weight excluding hydrogens is 368 g/mol. The van der Waals surface area contributed by atoms with E-state index < -0.39 is 0 Å². The van der Waals surface area contributed by atoms with Gasteiger partial charge in [0.2, 0.25) is 0 Å². The lowest BCUT2D eigenvalue weighted by Gasteiger charge is -2.22. The minimum atomic E-state index is 0.473. The van der Waals surface area contributed by atoms with Gasteiger partial charge >= 0.3 is 0 Å². The van der Waals surface area contributed by atoms with Crippen LogP contribution in [0.5, 0.6) is 0 Å². The third-order valence-corrected chi connectivity index (χ3v) is 6.56. The third-order valence-electron chi connectivity index (χ3n) is 6.56. The summed E-state index contributed by atoms with van der Waals surface area (Å²) >= 11 is 0. The van der Waals surface area contributed by atoms with Gasteiger partial charge in [0.1, 0.15) is 0 Å². The van der Waals surface area contributed by atoms with E-state index in [0.717, 1.165) is 38.9 Å². The quantitative estimate of drug-likeness (QED) is 0.617. The van der Waals surface area contributed by atoms with Crippen LogP contribution in [0.25, 0.3) is 10.9 Å². The van der Waals surface area contributed by atoms with Gasteiger partial charge in [-0.15, -0.1) is 0 Å². The second-order valence-corrected chi connectivity index (χ2v) is 9.41. The predicted octanol–water partition coefficient (Wildman–Crippen LogP) is 4.97. The van der Waals surface area contributed by atoms with E-state index in [4.69, 9.17) is 4.99 Å². The summed E-state index contributed by atoms with van der Waals surface area (Å²) in [6.07, 6.45) is 3.29. The van der Waals surface area contributed by atoms with Crippen molar-refractivity contribution in [2.24, 2.45) is 4.99 Å². The summed E-state index contributed by atoms with van der Waals surface area (Å²) in [7, 11) is 8.62. The Morgan fingerprint density at radius 1 is 0.967 bits per heavy atom. The molecule has 4 heteroatoms. The normalized spacial score (nSPS) is 18.2. The number of rotatable bonds is 4. The largest absolute Gasteiger partial charge is 0.344 e. The summed E-state index contributed by atoms with van der Waals surface area (Å²) in [6, 6.07) is 15.8. The van der Waals surface area contributed by atoms with Crippen LogP contribution in [0.2, 0.25) is 0 Å². The number of benzene rings is 2. The van der Waals surface area contributed by atoms with Crippen molar-refractivity contribution in [1.29, 1.82) is 0 Å². The Bertz CT molecular complexity index is 1120. The van der Waals surface area contributed by atoms with Gasteiger partial charge in [0.25, 0.3) is 0 Å². The Morgan fingerprint density at radius 2 is 1.77 bits per heavy atom. The van der Waals surface area contributed by atoms with E-state index in [1.807, 2.05) is 0 Å². The van der Waals surface area contributed by atoms with Gasteiger partial charge in [0, 0.05) is 54.3 Å². The Hall–Kier alpha value is -2.43. The lowest BCUT2D eigenvalue weighted by atomic mass is 9.87. The minimum absolute atomic E-state index is 0.473. The summed E-state index contributed by atoms with van der Waals surface area (Å²) in [5.41, 5.74) is 9.83. The first-order valence-electron chi connectivity index (χ1n) is 11.1. The molecule has 0 saturated carbocycles. The molecule has 0 fully saturated rings. The zero-order valence-corrected chi connectivity index (χ0v) is 18.7. The van der Waals surface area contributed by atoms with E-state index in [9.17, 15) is 0 Å². The number of aryl methyl sites for hydroxylation is 1. The summed E-state index contributed by atoms with van der Waals surface area (Å²) in [4.78, 5) is 9.62. The first-order chi connectivity index (χ1) is 14.5. The summed E-state index contributed by atoms with van der Waals surface area (Å²) in [5.74, 6) is 0.473. The summed E-state index contributed by atoms with van der Waals surface area (Å²) in [5, 5.41) is 1.42. The van der Waals surface area contributed by atoms with Gasteiger partial charge in [0.05, 0.1) is 5.69 Å². The maximum atomic E-state index is 5.09. The lowest BCUT2D eigenvalue weighted by molar-refractivity contribution is 0.400. The molecule has 2 aliphatic rings. The second-order valence-electron chi connectivity index (χ2n) is 9.41. The molecule has 0 bridgehead atoms. The maximum Gasteiger partial charge on any atom is 0.0668 e. The number of aliphatic imine (C=N–C) groups is 1. The molecule has 1 unspecified atom stereocenters. The molecule has 0 N–H and O–H groups in total. The van der Waals surface area contributed by atoms with Crippen molar-refractivity contribution >= 4 is 22.3 Å². The van der Waals surface area contributed by atoms with E-state index in [1.54, 1.807) is 0 Å². The third kappa shape index (κ3) is 3.38. The van der Waals surface area contributed by atoms with Crippen molar-refractivity contribution < 1.29 is 0 Å². The summed E-state index contributed by atoms with van der Waals surface area (Å²) < 4.78 is 2.58. The Morgan fingerprint density at radius 3 is 2.57 bits per heavy atom. The van der Waals surface area contributed by atoms with Gasteiger partial charge in [-0.3, -0.25) is 4.99 Å². The highest BCUT2D eigenvalue weighted by Crippen LogP contribution is 2.42. The monoisotopic (exact) mass is 400 g/mol. The Balaban J connectivity index is 1.53. The average Bonchev–Trinajstić information content (AvgIpc) is 3.16. The van der Waals surface area contributed by atoms with Gasteiger partial charge in [-0.25, -0.2) is 0 Å². The molecule has 2 aromatic carbocycles. The number of hydrogen-bond donors (Lipinski definition) is 0. The minimum Gasteiger partial charge on any atom is -0.344 e. The highest BCUT2D eigenvalue weighted by molar-refractivity contribution is 5.98. The predicted molar refractivity (Wildman–Crippen MR) is 126 cm³/mol. The molecule has 0 spiro atoms. The van der Waals surface area contributed by atoms with Crippen molar-refractivity contribution in [3.8, 4) is 0 Å². The molecule has 1 aromatic heterocycles. The Kier molecular flexibility index (Phi) is 5.00. The highest BCUT2D eigenvalue weighted by Gasteiger charge is 2.30. The molecule has 0 aliphatic carbocycles. The zero-order chi connectivity index (χ0) is 20.8. The van der Waals surface area contributed by atoms with E-state index in [0.29, 0.717) is 5.92 Å². The number of aromatic nitrogens is 1. The molecule has 0 amide bonds. The van der Waals surface area contributed by atoms with Gasteiger partial charge in [-0.1, -0.05) is 30.3 Å². The van der Waals surface area contributed by atoms with Crippen molar-refractivity contribution in [3.63, 3.8) is 0 Å². The SMILES string of the molecule is CN(C)Cc1ccc2c(c1)C1CCc3c(CN(C)C)c4ccccc4n3CCC1=N2. The zero-order valence-electron chi connectivity index (χ0n) is 18.7. The van der Waals surface area contributed by atoms with Crippen molar-refractivity contribution in [2.75, 3.05) is 28.2 Å². The van der Waals surface area contributed by atoms with Gasteiger partial charge in [0.15, 0.2) is 0 Å². The van der Waals surface area contributed by atoms with Crippen LogP contribution < -0.4 is 0 Å². The van der Waals surface area contributed by atoms with Crippen molar-refractivity contribution in [1.82, 2.24) is 14.4 Å². The van der Waals surface area contributed by atoms with Crippen molar-refractivity contribution in [2.45, 2.75) is 44.8 Å². The second kappa shape index (κ2) is 7.68. The molecule has 2 aliphatic heterocycles. The standard InChI is InChI=1S/C26H32N4/c1-28(2)16-18-9-11-23-21(15-18)19-10-12-26-22(17-29(3)4)20-7-5-6-8-25(20)30(26)14-13-24(19)27-23/h5-9,11,15,19H,10,12-14,16-17H2,1-4H3. The fourth-order valence-electron chi connectivity index (χ4n) is 5.38. The van der Waals surface area contributed by atoms with E-state index in [1.165, 1.54) is 44.7 Å². The van der Waals surface area contributed by atoms with E-state index in [-0.39, 0.29) is 0 Å². The van der Waals surface area contributed by atoms with Crippen LogP contribution in [0, 0.1) is 0 Å². The molecule has 5 rings (SSSR count). The van der Waals surface area contributed by atoms with Crippen LogP contribution in [0.4, 0.5) is 5.69 Å². The van der Waals surface area contributed by atoms with Crippen LogP contribution >= 0.6 is 0 Å². The first-order valence-corrected chi connectivity index (χ1v) is 11.1. The van der Waals surface area contributed by atoms with Gasteiger partial charge in [-0.05, 0) is 69.9 Å². The first kappa shape index (κ1) is 19.5. The molecule has 30 heavy (non-hydrogen) atoms. The fourth-order valence-corrected chi connectivity index (χ4v) is 5.38. The van der Waals surface area contributed by atoms with Crippen LogP contribution in [0.1, 0.15) is 41.1 Å². The smallest absolute Gasteiger partial charge is 0.0668 e. The molecule has 1 atom stereocenters. The number of hydrogen-bond acceptors (Lipinski definition) is 3. The molecule has 4 nitrogen and oxygen atoms in total. The maximum absolute atomic E-state index is 5.09. The Labute approximate surface area is 179 Å². The average molecular weight is 401 g/mol.